The molecular formula is C19H21N7O. The molecule has 27 heavy (non-hydrogen) atoms. The summed E-state index contributed by atoms with van der Waals surface area (Å²) in [6, 6.07) is 4.31. The van der Waals surface area contributed by atoms with Gasteiger partial charge < -0.3 is 15.0 Å². The average molecular weight is 363 g/mol. The van der Waals surface area contributed by atoms with Gasteiger partial charge in [0.05, 0.1) is 18.2 Å². The lowest BCUT2D eigenvalue weighted by molar-refractivity contribution is 0.402. The van der Waals surface area contributed by atoms with Gasteiger partial charge in [-0.1, -0.05) is 19.3 Å². The SMILES string of the molecule is COc1nc(NC2CCCCC2)nc2[nH]cc(-c3ccc4nccn4n3)c12. The van der Waals surface area contributed by atoms with Gasteiger partial charge in [0.25, 0.3) is 0 Å². The second kappa shape index (κ2) is 6.53. The quantitative estimate of drug-likeness (QED) is 0.577. The Morgan fingerprint density at radius 2 is 2.07 bits per heavy atom. The molecule has 1 saturated carbocycles. The van der Waals surface area contributed by atoms with Crippen molar-refractivity contribution in [3.05, 3.63) is 30.7 Å². The van der Waals surface area contributed by atoms with Gasteiger partial charge in [-0.15, -0.1) is 0 Å². The van der Waals surface area contributed by atoms with E-state index >= 15 is 0 Å². The fraction of sp³-hybridized carbons (Fsp3) is 0.368. The first kappa shape index (κ1) is 16.0. The Bertz CT molecular complexity index is 1090. The van der Waals surface area contributed by atoms with Crippen molar-refractivity contribution in [1.29, 1.82) is 0 Å². The highest BCUT2D eigenvalue weighted by Gasteiger charge is 2.19. The second-order valence-electron chi connectivity index (χ2n) is 6.91. The van der Waals surface area contributed by atoms with Crippen molar-refractivity contribution in [2.45, 2.75) is 38.1 Å². The molecule has 4 aromatic rings. The van der Waals surface area contributed by atoms with E-state index in [-0.39, 0.29) is 0 Å². The zero-order chi connectivity index (χ0) is 18.2. The minimum Gasteiger partial charge on any atom is -0.480 e. The van der Waals surface area contributed by atoms with E-state index in [4.69, 9.17) is 4.74 Å². The lowest BCUT2D eigenvalue weighted by Gasteiger charge is -2.22. The molecule has 5 rings (SSSR count). The number of nitrogens with zero attached hydrogens (tertiary/aromatic N) is 5. The van der Waals surface area contributed by atoms with E-state index in [1.54, 1.807) is 17.8 Å². The van der Waals surface area contributed by atoms with Gasteiger partial charge in [-0.3, -0.25) is 0 Å². The minimum absolute atomic E-state index is 0.431. The smallest absolute Gasteiger partial charge is 0.228 e. The molecule has 0 atom stereocenters. The van der Waals surface area contributed by atoms with Crippen molar-refractivity contribution < 1.29 is 4.74 Å². The molecule has 0 bridgehead atoms. The molecule has 1 aliphatic carbocycles. The number of ether oxygens (including phenoxy) is 1. The van der Waals surface area contributed by atoms with Crippen LogP contribution in [0.2, 0.25) is 0 Å². The molecule has 1 aliphatic rings. The van der Waals surface area contributed by atoms with E-state index in [0.29, 0.717) is 17.9 Å². The fourth-order valence-electron chi connectivity index (χ4n) is 3.80. The summed E-state index contributed by atoms with van der Waals surface area (Å²) in [6.07, 6.45) is 11.6. The number of hydrogen-bond donors (Lipinski definition) is 2. The van der Waals surface area contributed by atoms with Crippen LogP contribution in [0.25, 0.3) is 27.9 Å². The number of aromatic nitrogens is 6. The van der Waals surface area contributed by atoms with Gasteiger partial charge in [0.1, 0.15) is 5.65 Å². The number of methoxy groups -OCH3 is 1. The molecule has 4 aromatic heterocycles. The Morgan fingerprint density at radius 1 is 1.19 bits per heavy atom. The van der Waals surface area contributed by atoms with Crippen LogP contribution in [0.1, 0.15) is 32.1 Å². The molecule has 1 fully saturated rings. The fourth-order valence-corrected chi connectivity index (χ4v) is 3.80. The van der Waals surface area contributed by atoms with Crippen LogP contribution in [0.5, 0.6) is 5.88 Å². The maximum absolute atomic E-state index is 5.59. The third-order valence-corrected chi connectivity index (χ3v) is 5.16. The van der Waals surface area contributed by atoms with Crippen molar-refractivity contribution in [3.8, 4) is 17.1 Å². The van der Waals surface area contributed by atoms with Gasteiger partial charge >= 0.3 is 0 Å². The monoisotopic (exact) mass is 363 g/mol. The van der Waals surface area contributed by atoms with Gasteiger partial charge in [0, 0.05) is 30.2 Å². The van der Waals surface area contributed by atoms with Gasteiger partial charge in [-0.25, -0.2) is 9.50 Å². The van der Waals surface area contributed by atoms with E-state index in [2.05, 4.69) is 30.4 Å². The van der Waals surface area contributed by atoms with Gasteiger partial charge in [0.2, 0.25) is 11.8 Å². The molecule has 4 heterocycles. The molecule has 138 valence electrons. The van der Waals surface area contributed by atoms with E-state index in [1.165, 1.54) is 19.3 Å². The predicted octanol–water partition coefficient (Wildman–Crippen LogP) is 3.42. The topological polar surface area (TPSA) is 93.0 Å². The number of anilines is 1. The van der Waals surface area contributed by atoms with Crippen LogP contribution in [-0.4, -0.2) is 42.7 Å². The maximum Gasteiger partial charge on any atom is 0.228 e. The third kappa shape index (κ3) is 2.87. The lowest BCUT2D eigenvalue weighted by atomic mass is 9.96. The Morgan fingerprint density at radius 3 is 2.93 bits per heavy atom. The maximum atomic E-state index is 5.59. The van der Waals surface area contributed by atoms with Crippen LogP contribution in [0.3, 0.4) is 0 Å². The minimum atomic E-state index is 0.431. The normalized spacial score (nSPS) is 15.4. The number of rotatable bonds is 4. The summed E-state index contributed by atoms with van der Waals surface area (Å²) in [6.45, 7) is 0. The molecular weight excluding hydrogens is 342 g/mol. The number of H-pyrrole nitrogens is 1. The summed E-state index contributed by atoms with van der Waals surface area (Å²) in [5.74, 6) is 1.15. The van der Waals surface area contributed by atoms with Crippen molar-refractivity contribution in [3.63, 3.8) is 0 Å². The highest BCUT2D eigenvalue weighted by molar-refractivity contribution is 5.96. The highest BCUT2D eigenvalue weighted by atomic mass is 16.5. The first-order valence-corrected chi connectivity index (χ1v) is 9.32. The van der Waals surface area contributed by atoms with Crippen molar-refractivity contribution in [1.82, 2.24) is 29.5 Å². The molecule has 0 spiro atoms. The molecule has 2 N–H and O–H groups in total. The predicted molar refractivity (Wildman–Crippen MR) is 103 cm³/mol. The zero-order valence-corrected chi connectivity index (χ0v) is 15.1. The first-order chi connectivity index (χ1) is 13.3. The van der Waals surface area contributed by atoms with Gasteiger partial charge in [-0.05, 0) is 25.0 Å². The van der Waals surface area contributed by atoms with Crippen LogP contribution >= 0.6 is 0 Å². The van der Waals surface area contributed by atoms with Gasteiger partial charge in [0.15, 0.2) is 5.65 Å². The second-order valence-corrected chi connectivity index (χ2v) is 6.91. The summed E-state index contributed by atoms with van der Waals surface area (Å²) in [5.41, 5.74) is 3.26. The van der Waals surface area contributed by atoms with E-state index in [1.807, 2.05) is 24.5 Å². The summed E-state index contributed by atoms with van der Waals surface area (Å²) in [7, 11) is 1.63. The highest BCUT2D eigenvalue weighted by Crippen LogP contribution is 2.33. The molecule has 0 aliphatic heterocycles. The average Bonchev–Trinajstić information content (AvgIpc) is 3.34. The summed E-state index contributed by atoms with van der Waals surface area (Å²) in [5, 5.41) is 8.93. The molecule has 0 radical (unpaired) electrons. The Hall–Kier alpha value is -3.16. The Kier molecular flexibility index (Phi) is 3.88. The number of aromatic amines is 1. The number of hydrogen-bond acceptors (Lipinski definition) is 6. The summed E-state index contributed by atoms with van der Waals surface area (Å²) in [4.78, 5) is 16.8. The molecule has 8 nitrogen and oxygen atoms in total. The van der Waals surface area contributed by atoms with Crippen molar-refractivity contribution in [2.75, 3.05) is 12.4 Å². The largest absolute Gasteiger partial charge is 0.480 e. The van der Waals surface area contributed by atoms with Crippen LogP contribution < -0.4 is 10.1 Å². The summed E-state index contributed by atoms with van der Waals surface area (Å²) >= 11 is 0. The van der Waals surface area contributed by atoms with Crippen LogP contribution in [0.15, 0.2) is 30.7 Å². The van der Waals surface area contributed by atoms with E-state index < -0.39 is 0 Å². The van der Waals surface area contributed by atoms with Crippen LogP contribution in [0.4, 0.5) is 5.95 Å². The van der Waals surface area contributed by atoms with Crippen molar-refractivity contribution in [2.24, 2.45) is 0 Å². The van der Waals surface area contributed by atoms with E-state index in [0.717, 1.165) is 40.8 Å². The molecule has 0 amide bonds. The van der Waals surface area contributed by atoms with Gasteiger partial charge in [-0.2, -0.15) is 15.1 Å². The molecule has 0 aromatic carbocycles. The number of fused-ring (bicyclic) bond motifs is 2. The molecule has 0 unspecified atom stereocenters. The lowest BCUT2D eigenvalue weighted by Crippen LogP contribution is -2.23. The molecule has 0 saturated heterocycles. The first-order valence-electron chi connectivity index (χ1n) is 9.32. The zero-order valence-electron chi connectivity index (χ0n) is 15.1. The Labute approximate surface area is 156 Å². The molecule has 8 heteroatoms. The van der Waals surface area contributed by atoms with Crippen molar-refractivity contribution >= 4 is 22.6 Å². The summed E-state index contributed by atoms with van der Waals surface area (Å²) < 4.78 is 7.34. The van der Waals surface area contributed by atoms with Crippen LogP contribution in [0, 0.1) is 0 Å². The number of nitrogens with one attached hydrogen (secondary N) is 2. The number of imidazole rings is 1. The van der Waals surface area contributed by atoms with E-state index in [9.17, 15) is 0 Å². The third-order valence-electron chi connectivity index (χ3n) is 5.16. The standard InChI is InChI=1S/C19H21N7O/c1-27-18-16-13(14-7-8-15-20-9-10-26(15)25-14)11-21-17(16)23-19(24-18)22-12-5-3-2-4-6-12/h7-12H,2-6H2,1H3,(H2,21,22,23,24). The van der Waals surface area contributed by atoms with Crippen LogP contribution in [-0.2, 0) is 0 Å². The Balaban J connectivity index is 1.56.